The molecule has 0 aliphatic heterocycles. The van der Waals surface area contributed by atoms with Gasteiger partial charge in [0.15, 0.2) is 5.78 Å². The monoisotopic (exact) mass is 288 g/mol. The molecule has 0 saturated carbocycles. The first-order valence-electron chi connectivity index (χ1n) is 4.22. The Bertz CT molecular complexity index is 323. The van der Waals surface area contributed by atoms with E-state index in [2.05, 4.69) is 22.6 Å². The Labute approximate surface area is 92.7 Å². The molecule has 0 N–H and O–H groups in total. The largest absolute Gasteiger partial charge is 0.294 e. The Morgan fingerprint density at radius 1 is 1.23 bits per heavy atom. The van der Waals surface area contributed by atoms with Crippen LogP contribution in [0.4, 0.5) is 0 Å². The van der Waals surface area contributed by atoms with E-state index in [1.54, 1.807) is 0 Å². The van der Waals surface area contributed by atoms with Crippen molar-refractivity contribution in [2.45, 2.75) is 20.8 Å². The second kappa shape index (κ2) is 3.78. The summed E-state index contributed by atoms with van der Waals surface area (Å²) in [6.45, 7) is 5.83. The van der Waals surface area contributed by atoms with Gasteiger partial charge in [-0.3, -0.25) is 4.79 Å². The van der Waals surface area contributed by atoms with E-state index < -0.39 is 0 Å². The molecule has 0 aromatic heterocycles. The van der Waals surface area contributed by atoms with Crippen LogP contribution >= 0.6 is 22.6 Å². The Hall–Kier alpha value is -0.380. The molecule has 70 valence electrons. The van der Waals surface area contributed by atoms with Gasteiger partial charge in [0, 0.05) is 14.5 Å². The Kier molecular flexibility index (Phi) is 3.11. The van der Waals surface area contributed by atoms with E-state index >= 15 is 0 Å². The lowest BCUT2D eigenvalue weighted by molar-refractivity contribution is 0.0857. The number of halogens is 1. The van der Waals surface area contributed by atoms with Crippen LogP contribution in [-0.2, 0) is 0 Å². The van der Waals surface area contributed by atoms with Crippen molar-refractivity contribution in [1.82, 2.24) is 0 Å². The SMILES string of the molecule is CC(C)(C)C(=O)c1ccccc1I. The van der Waals surface area contributed by atoms with Gasteiger partial charge in [-0.05, 0) is 28.7 Å². The van der Waals surface area contributed by atoms with E-state index in [-0.39, 0.29) is 11.2 Å². The van der Waals surface area contributed by atoms with Crippen LogP contribution in [0.3, 0.4) is 0 Å². The highest BCUT2D eigenvalue weighted by Crippen LogP contribution is 2.23. The van der Waals surface area contributed by atoms with Crippen LogP contribution in [0.5, 0.6) is 0 Å². The molecule has 13 heavy (non-hydrogen) atoms. The third-order valence-electron chi connectivity index (χ3n) is 1.80. The molecule has 0 atom stereocenters. The summed E-state index contributed by atoms with van der Waals surface area (Å²) in [5.74, 6) is 0.206. The molecule has 0 aliphatic rings. The van der Waals surface area contributed by atoms with Gasteiger partial charge >= 0.3 is 0 Å². The third kappa shape index (κ3) is 2.53. The highest BCUT2D eigenvalue weighted by atomic mass is 127. The van der Waals surface area contributed by atoms with Gasteiger partial charge < -0.3 is 0 Å². The van der Waals surface area contributed by atoms with Crippen molar-refractivity contribution < 1.29 is 4.79 Å². The van der Waals surface area contributed by atoms with Crippen molar-refractivity contribution in [2.75, 3.05) is 0 Å². The number of carbonyl (C=O) groups excluding carboxylic acids is 1. The lowest BCUT2D eigenvalue weighted by atomic mass is 9.87. The minimum atomic E-state index is -0.290. The summed E-state index contributed by atoms with van der Waals surface area (Å²) in [5.41, 5.74) is 0.539. The van der Waals surface area contributed by atoms with Gasteiger partial charge in [-0.15, -0.1) is 0 Å². The van der Waals surface area contributed by atoms with E-state index in [9.17, 15) is 4.79 Å². The van der Waals surface area contributed by atoms with E-state index in [1.165, 1.54) is 0 Å². The minimum absolute atomic E-state index is 0.206. The second-order valence-electron chi connectivity index (χ2n) is 4.06. The smallest absolute Gasteiger partial charge is 0.169 e. The fourth-order valence-corrected chi connectivity index (χ4v) is 1.68. The van der Waals surface area contributed by atoms with E-state index in [1.807, 2.05) is 45.0 Å². The first-order valence-corrected chi connectivity index (χ1v) is 5.30. The lowest BCUT2D eigenvalue weighted by Crippen LogP contribution is -2.21. The molecule has 1 aromatic carbocycles. The van der Waals surface area contributed by atoms with Crippen LogP contribution in [0.15, 0.2) is 24.3 Å². The number of hydrogen-bond donors (Lipinski definition) is 0. The molecule has 1 rings (SSSR count). The number of Topliss-reactive ketones (excluding diaryl/α,β-unsaturated/α-hetero) is 1. The molecule has 2 heteroatoms. The number of benzene rings is 1. The summed E-state index contributed by atoms with van der Waals surface area (Å²) in [5, 5.41) is 0. The maximum Gasteiger partial charge on any atom is 0.169 e. The van der Waals surface area contributed by atoms with Crippen LogP contribution in [0.2, 0.25) is 0 Å². The lowest BCUT2D eigenvalue weighted by Gasteiger charge is -2.17. The van der Waals surface area contributed by atoms with Gasteiger partial charge in [0.1, 0.15) is 0 Å². The van der Waals surface area contributed by atoms with Gasteiger partial charge in [0.05, 0.1) is 0 Å². The summed E-state index contributed by atoms with van der Waals surface area (Å²) in [4.78, 5) is 11.9. The van der Waals surface area contributed by atoms with Crippen molar-refractivity contribution in [2.24, 2.45) is 5.41 Å². The summed E-state index contributed by atoms with van der Waals surface area (Å²) in [6, 6.07) is 7.69. The van der Waals surface area contributed by atoms with Crippen molar-refractivity contribution in [1.29, 1.82) is 0 Å². The van der Waals surface area contributed by atoms with Gasteiger partial charge in [0.25, 0.3) is 0 Å². The number of hydrogen-bond acceptors (Lipinski definition) is 1. The van der Waals surface area contributed by atoms with Crippen LogP contribution < -0.4 is 0 Å². The highest BCUT2D eigenvalue weighted by molar-refractivity contribution is 14.1. The van der Waals surface area contributed by atoms with Crippen LogP contribution in [0, 0.1) is 8.99 Å². The molecule has 1 aromatic rings. The third-order valence-corrected chi connectivity index (χ3v) is 2.74. The highest BCUT2D eigenvalue weighted by Gasteiger charge is 2.23. The molecule has 0 unspecified atom stereocenters. The van der Waals surface area contributed by atoms with Gasteiger partial charge in [-0.25, -0.2) is 0 Å². The van der Waals surface area contributed by atoms with Gasteiger partial charge in [0.2, 0.25) is 0 Å². The Morgan fingerprint density at radius 2 is 1.77 bits per heavy atom. The predicted molar refractivity (Wildman–Crippen MR) is 62.9 cm³/mol. The standard InChI is InChI=1S/C11H13IO/c1-11(2,3)10(13)8-6-4-5-7-9(8)12/h4-7H,1-3H3. The molecule has 0 spiro atoms. The Balaban J connectivity index is 3.10. The fraction of sp³-hybridized carbons (Fsp3) is 0.364. The number of ketones is 1. The van der Waals surface area contributed by atoms with Crippen molar-refractivity contribution in [3.63, 3.8) is 0 Å². The molecule has 0 bridgehead atoms. The molecule has 0 fully saturated rings. The summed E-state index contributed by atoms with van der Waals surface area (Å²) in [7, 11) is 0. The predicted octanol–water partition coefficient (Wildman–Crippen LogP) is 3.52. The average Bonchev–Trinajstić information content (AvgIpc) is 2.02. The average molecular weight is 288 g/mol. The maximum absolute atomic E-state index is 11.9. The molecule has 0 heterocycles. The van der Waals surface area contributed by atoms with E-state index in [0.29, 0.717) is 0 Å². The van der Waals surface area contributed by atoms with E-state index in [4.69, 9.17) is 0 Å². The zero-order chi connectivity index (χ0) is 10.1. The van der Waals surface area contributed by atoms with Crippen LogP contribution in [-0.4, -0.2) is 5.78 Å². The zero-order valence-corrected chi connectivity index (χ0v) is 10.3. The summed E-state index contributed by atoms with van der Waals surface area (Å²) >= 11 is 2.19. The first-order chi connectivity index (χ1) is 5.93. The molecule has 0 radical (unpaired) electrons. The fourth-order valence-electron chi connectivity index (χ4n) is 1.05. The second-order valence-corrected chi connectivity index (χ2v) is 5.22. The maximum atomic E-state index is 11.9. The summed E-state index contributed by atoms with van der Waals surface area (Å²) in [6.07, 6.45) is 0. The topological polar surface area (TPSA) is 17.1 Å². The van der Waals surface area contributed by atoms with Crippen molar-refractivity contribution in [3.05, 3.63) is 33.4 Å². The van der Waals surface area contributed by atoms with Gasteiger partial charge in [-0.1, -0.05) is 39.0 Å². The molecule has 0 aliphatic carbocycles. The number of carbonyl (C=O) groups is 1. The molecule has 0 amide bonds. The number of rotatable bonds is 1. The quantitative estimate of drug-likeness (QED) is 0.571. The molecule has 0 saturated heterocycles. The van der Waals surface area contributed by atoms with Crippen LogP contribution in [0.25, 0.3) is 0 Å². The van der Waals surface area contributed by atoms with Crippen molar-refractivity contribution in [3.8, 4) is 0 Å². The van der Waals surface area contributed by atoms with E-state index in [0.717, 1.165) is 9.13 Å². The molecular weight excluding hydrogens is 275 g/mol. The molecule has 1 nitrogen and oxygen atoms in total. The first kappa shape index (κ1) is 10.7. The molecular formula is C11H13IO. The normalized spacial score (nSPS) is 11.4. The zero-order valence-electron chi connectivity index (χ0n) is 8.10. The van der Waals surface area contributed by atoms with Crippen molar-refractivity contribution >= 4 is 28.4 Å². The minimum Gasteiger partial charge on any atom is -0.294 e. The summed E-state index contributed by atoms with van der Waals surface area (Å²) < 4.78 is 1.03. The Morgan fingerprint density at radius 3 is 2.23 bits per heavy atom. The van der Waals surface area contributed by atoms with Gasteiger partial charge in [-0.2, -0.15) is 0 Å². The van der Waals surface area contributed by atoms with Crippen LogP contribution in [0.1, 0.15) is 31.1 Å².